The van der Waals surface area contributed by atoms with Crippen LogP contribution in [0.4, 0.5) is 0 Å². The van der Waals surface area contributed by atoms with Gasteiger partial charge in [0.2, 0.25) is 0 Å². The Labute approximate surface area is 163 Å². The van der Waals surface area contributed by atoms with Crippen molar-refractivity contribution in [3.63, 3.8) is 0 Å². The fourth-order valence-electron chi connectivity index (χ4n) is 5.09. The number of aliphatic hydroxyl groups is 1. The maximum atomic E-state index is 10.2. The zero-order valence-corrected chi connectivity index (χ0v) is 18.5. The lowest BCUT2D eigenvalue weighted by atomic mass is 9.74. The number of nitrogens with zero attached hydrogens (tertiary/aromatic N) is 1. The molecule has 5 unspecified atom stereocenters. The normalized spacial score (nSPS) is 24.8. The molecule has 156 valence electrons. The van der Waals surface area contributed by atoms with Gasteiger partial charge in [-0.2, -0.15) is 0 Å². The van der Waals surface area contributed by atoms with Crippen LogP contribution >= 0.6 is 0 Å². The Bertz CT molecular complexity index is 343. The topological polar surface area (TPSA) is 32.7 Å². The highest BCUT2D eigenvalue weighted by molar-refractivity contribution is 4.79. The third-order valence-electron chi connectivity index (χ3n) is 7.06. The van der Waals surface area contributed by atoms with Crippen molar-refractivity contribution in [3.8, 4) is 0 Å². The lowest BCUT2D eigenvalue weighted by Crippen LogP contribution is -2.33. The van der Waals surface area contributed by atoms with Gasteiger partial charge in [0.25, 0.3) is 0 Å². The summed E-state index contributed by atoms with van der Waals surface area (Å²) in [6, 6.07) is 0.706. The van der Waals surface area contributed by atoms with Gasteiger partial charge in [-0.05, 0) is 69.9 Å². The average Bonchev–Trinajstić information content (AvgIpc) is 2.64. The molecule has 0 aromatic rings. The molecule has 5 atom stereocenters. The van der Waals surface area contributed by atoms with Gasteiger partial charge in [-0.15, -0.1) is 0 Å². The predicted molar refractivity (Wildman–Crippen MR) is 112 cm³/mol. The largest absolute Gasteiger partial charge is 0.368 e. The second-order valence-electron chi connectivity index (χ2n) is 8.92. The van der Waals surface area contributed by atoms with Crippen LogP contribution in [-0.2, 0) is 4.74 Å². The summed E-state index contributed by atoms with van der Waals surface area (Å²) in [5.41, 5.74) is 0. The molecule has 0 saturated heterocycles. The van der Waals surface area contributed by atoms with Gasteiger partial charge >= 0.3 is 0 Å². The van der Waals surface area contributed by atoms with Crippen molar-refractivity contribution in [2.24, 2.45) is 23.7 Å². The minimum absolute atomic E-state index is 0.351. The maximum Gasteiger partial charge on any atom is 0.157 e. The number of hydrogen-bond acceptors (Lipinski definition) is 3. The summed E-state index contributed by atoms with van der Waals surface area (Å²) in [5.74, 6) is 2.58. The minimum atomic E-state index is -0.562. The van der Waals surface area contributed by atoms with E-state index >= 15 is 0 Å². The Morgan fingerprint density at radius 3 is 2.23 bits per heavy atom. The van der Waals surface area contributed by atoms with Gasteiger partial charge in [-0.25, -0.2) is 0 Å². The number of aliphatic hydroxyl groups excluding tert-OH is 1. The van der Waals surface area contributed by atoms with Gasteiger partial charge in [0.05, 0.1) is 0 Å². The first-order valence-corrected chi connectivity index (χ1v) is 11.4. The van der Waals surface area contributed by atoms with Gasteiger partial charge in [0, 0.05) is 19.1 Å². The first-order valence-electron chi connectivity index (χ1n) is 11.4. The molecule has 1 aliphatic rings. The van der Waals surface area contributed by atoms with Gasteiger partial charge in [0.15, 0.2) is 6.29 Å². The van der Waals surface area contributed by atoms with E-state index in [4.69, 9.17) is 4.74 Å². The average molecular weight is 370 g/mol. The molecule has 0 amide bonds. The van der Waals surface area contributed by atoms with E-state index in [2.05, 4.69) is 39.5 Å². The summed E-state index contributed by atoms with van der Waals surface area (Å²) in [4.78, 5) is 2.57. The lowest BCUT2D eigenvalue weighted by molar-refractivity contribution is -0.136. The Hall–Kier alpha value is -0.120. The van der Waals surface area contributed by atoms with Crippen LogP contribution in [0.2, 0.25) is 0 Å². The molecule has 1 N–H and O–H groups in total. The Balaban J connectivity index is 2.44. The second-order valence-corrected chi connectivity index (χ2v) is 8.92. The first-order chi connectivity index (χ1) is 12.4. The van der Waals surface area contributed by atoms with E-state index in [9.17, 15) is 5.11 Å². The Morgan fingerprint density at radius 2 is 1.65 bits per heavy atom. The van der Waals surface area contributed by atoms with Crippen molar-refractivity contribution in [1.29, 1.82) is 0 Å². The molecule has 0 heterocycles. The molecule has 1 fully saturated rings. The van der Waals surface area contributed by atoms with E-state index in [-0.39, 0.29) is 0 Å². The molecule has 3 heteroatoms. The third-order valence-corrected chi connectivity index (χ3v) is 7.06. The van der Waals surface area contributed by atoms with Gasteiger partial charge < -0.3 is 14.7 Å². The van der Waals surface area contributed by atoms with Crippen molar-refractivity contribution >= 4 is 0 Å². The van der Waals surface area contributed by atoms with E-state index in [1.54, 1.807) is 7.11 Å². The van der Waals surface area contributed by atoms with Crippen molar-refractivity contribution < 1.29 is 9.84 Å². The second kappa shape index (κ2) is 13.1. The van der Waals surface area contributed by atoms with Crippen LogP contribution in [0.5, 0.6) is 0 Å². The van der Waals surface area contributed by atoms with Crippen LogP contribution in [0.25, 0.3) is 0 Å². The molecule has 0 aromatic carbocycles. The molecule has 0 bridgehead atoms. The van der Waals surface area contributed by atoms with Crippen LogP contribution < -0.4 is 0 Å². The molecular formula is C23H47NO2. The summed E-state index contributed by atoms with van der Waals surface area (Å²) < 4.78 is 5.26. The molecule has 0 spiro atoms. The smallest absolute Gasteiger partial charge is 0.157 e. The number of hydrogen-bond donors (Lipinski definition) is 1. The van der Waals surface area contributed by atoms with Crippen molar-refractivity contribution in [2.45, 2.75) is 105 Å². The van der Waals surface area contributed by atoms with Crippen molar-refractivity contribution in [3.05, 3.63) is 0 Å². The van der Waals surface area contributed by atoms with E-state index in [1.807, 2.05) is 0 Å². The van der Waals surface area contributed by atoms with Crippen LogP contribution in [0.1, 0.15) is 92.4 Å². The van der Waals surface area contributed by atoms with Crippen molar-refractivity contribution in [1.82, 2.24) is 4.90 Å². The molecular weight excluding hydrogens is 322 g/mol. The highest BCUT2D eigenvalue weighted by Crippen LogP contribution is 2.37. The molecule has 0 aromatic heterocycles. The predicted octanol–water partition coefficient (Wildman–Crippen LogP) is 5.71. The zero-order chi connectivity index (χ0) is 19.5. The van der Waals surface area contributed by atoms with Gasteiger partial charge in [-0.1, -0.05) is 53.4 Å². The fraction of sp³-hybridized carbons (Fsp3) is 1.00. The van der Waals surface area contributed by atoms with Gasteiger partial charge in [0.1, 0.15) is 0 Å². The zero-order valence-electron chi connectivity index (χ0n) is 18.5. The highest BCUT2D eigenvalue weighted by atomic mass is 16.6. The molecule has 1 saturated carbocycles. The van der Waals surface area contributed by atoms with E-state index in [0.717, 1.165) is 31.3 Å². The molecule has 1 aliphatic carbocycles. The number of rotatable bonds is 13. The molecule has 0 radical (unpaired) electrons. The first kappa shape index (κ1) is 23.9. The molecule has 0 aliphatic heterocycles. The molecule has 26 heavy (non-hydrogen) atoms. The summed E-state index contributed by atoms with van der Waals surface area (Å²) in [6.07, 6.45) is 11.0. The monoisotopic (exact) mass is 369 g/mol. The van der Waals surface area contributed by atoms with Crippen LogP contribution in [0.3, 0.4) is 0 Å². The number of methoxy groups -OCH3 is 1. The number of ether oxygens (including phenoxy) is 1. The van der Waals surface area contributed by atoms with Gasteiger partial charge in [-0.3, -0.25) is 0 Å². The van der Waals surface area contributed by atoms with E-state index in [0.29, 0.717) is 17.9 Å². The highest BCUT2D eigenvalue weighted by Gasteiger charge is 2.31. The Morgan fingerprint density at radius 1 is 1.00 bits per heavy atom. The SMILES string of the molecule is CCN(CC)C(C)CCCC(CCC1CCCCC1C(O)OC)C(C)C. The molecule has 3 nitrogen and oxygen atoms in total. The maximum absolute atomic E-state index is 10.2. The minimum Gasteiger partial charge on any atom is -0.368 e. The summed E-state index contributed by atoms with van der Waals surface area (Å²) >= 11 is 0. The quantitative estimate of drug-likeness (QED) is 0.422. The Kier molecular flexibility index (Phi) is 12.1. The fourth-order valence-corrected chi connectivity index (χ4v) is 5.09. The van der Waals surface area contributed by atoms with Crippen LogP contribution in [0, 0.1) is 23.7 Å². The summed E-state index contributed by atoms with van der Waals surface area (Å²) in [5, 5.41) is 10.2. The van der Waals surface area contributed by atoms with Crippen LogP contribution in [0.15, 0.2) is 0 Å². The van der Waals surface area contributed by atoms with E-state index < -0.39 is 6.29 Å². The lowest BCUT2D eigenvalue weighted by Gasteiger charge is -2.35. The summed E-state index contributed by atoms with van der Waals surface area (Å²) in [6.45, 7) is 14.0. The molecule has 1 rings (SSSR count). The van der Waals surface area contributed by atoms with E-state index in [1.165, 1.54) is 51.4 Å². The van der Waals surface area contributed by atoms with Crippen molar-refractivity contribution in [2.75, 3.05) is 20.2 Å². The third kappa shape index (κ3) is 7.86. The standard InChI is InChI=1S/C23H47NO2/c1-7-24(8-2)19(5)12-11-14-20(18(3)4)16-17-21-13-9-10-15-22(21)23(25)26-6/h18-23,25H,7-17H2,1-6H3. The summed E-state index contributed by atoms with van der Waals surface area (Å²) in [7, 11) is 1.64. The van der Waals surface area contributed by atoms with Crippen LogP contribution in [-0.4, -0.2) is 42.5 Å².